The molecule has 7 heteroatoms. The molecule has 0 unspecified atom stereocenters. The second-order valence-corrected chi connectivity index (χ2v) is 3.94. The van der Waals surface area contributed by atoms with Crippen LogP contribution in [0.1, 0.15) is 10.4 Å². The summed E-state index contributed by atoms with van der Waals surface area (Å²) >= 11 is 0. The Hall–Kier alpha value is -2.57. The van der Waals surface area contributed by atoms with Crippen molar-refractivity contribution in [1.29, 1.82) is 0 Å². The molecule has 0 heterocycles. The normalized spacial score (nSPS) is 10.4. The highest BCUT2D eigenvalue weighted by molar-refractivity contribution is 6.04. The van der Waals surface area contributed by atoms with Crippen molar-refractivity contribution in [2.45, 2.75) is 0 Å². The first-order valence-electron chi connectivity index (χ1n) is 5.39. The van der Waals surface area contributed by atoms with E-state index in [2.05, 4.69) is 0 Å². The summed E-state index contributed by atoms with van der Waals surface area (Å²) in [6.07, 6.45) is 0. The van der Waals surface area contributed by atoms with Crippen LogP contribution in [0.15, 0.2) is 30.3 Å². The minimum absolute atomic E-state index is 0.154. The van der Waals surface area contributed by atoms with Crippen molar-refractivity contribution in [2.75, 3.05) is 11.1 Å². The Morgan fingerprint density at radius 3 is 2.15 bits per heavy atom. The second kappa shape index (κ2) is 5.20. The number of hydrogen-bond acceptors (Lipinski definition) is 2. The molecule has 0 fully saturated rings. The van der Waals surface area contributed by atoms with E-state index in [0.717, 1.165) is 12.1 Å². The molecule has 0 aliphatic rings. The minimum Gasteiger partial charge on any atom is -0.399 e. The van der Waals surface area contributed by atoms with Gasteiger partial charge in [-0.25, -0.2) is 17.6 Å². The van der Waals surface area contributed by atoms with E-state index in [-0.39, 0.29) is 11.4 Å². The van der Waals surface area contributed by atoms with Crippen molar-refractivity contribution >= 4 is 17.3 Å². The third-order valence-corrected chi connectivity index (χ3v) is 2.47. The Morgan fingerprint density at radius 1 is 0.950 bits per heavy atom. The maximum Gasteiger partial charge on any atom is 0.261 e. The van der Waals surface area contributed by atoms with Gasteiger partial charge in [0.25, 0.3) is 5.91 Å². The van der Waals surface area contributed by atoms with Crippen LogP contribution in [0.5, 0.6) is 0 Å². The lowest BCUT2D eigenvalue weighted by Gasteiger charge is -2.08. The summed E-state index contributed by atoms with van der Waals surface area (Å²) in [5.74, 6) is -6.00. The van der Waals surface area contributed by atoms with Gasteiger partial charge in [-0.2, -0.15) is 0 Å². The molecule has 104 valence electrons. The Morgan fingerprint density at radius 2 is 1.55 bits per heavy atom. The SMILES string of the molecule is Nc1ccc(F)c(NC(=O)c2c(F)cc(F)cc2F)c1. The number of nitrogens with one attached hydrogen (secondary N) is 1. The first-order valence-corrected chi connectivity index (χ1v) is 5.39. The Balaban J connectivity index is 2.36. The van der Waals surface area contributed by atoms with Gasteiger partial charge in [-0.05, 0) is 18.2 Å². The highest BCUT2D eigenvalue weighted by atomic mass is 19.1. The van der Waals surface area contributed by atoms with E-state index in [4.69, 9.17) is 5.73 Å². The molecule has 1 amide bonds. The highest BCUT2D eigenvalue weighted by Crippen LogP contribution is 2.20. The van der Waals surface area contributed by atoms with Crippen molar-refractivity contribution in [3.63, 3.8) is 0 Å². The van der Waals surface area contributed by atoms with Crippen LogP contribution >= 0.6 is 0 Å². The van der Waals surface area contributed by atoms with Crippen molar-refractivity contribution in [2.24, 2.45) is 0 Å². The number of carbonyl (C=O) groups excluding carboxylic acids is 1. The zero-order valence-corrected chi connectivity index (χ0v) is 9.88. The summed E-state index contributed by atoms with van der Waals surface area (Å²) in [5.41, 5.74) is 4.22. The molecule has 0 saturated heterocycles. The van der Waals surface area contributed by atoms with Crippen LogP contribution in [-0.2, 0) is 0 Å². The molecule has 3 nitrogen and oxygen atoms in total. The predicted octanol–water partition coefficient (Wildman–Crippen LogP) is 3.08. The summed E-state index contributed by atoms with van der Waals surface area (Å²) in [5, 5.41) is 1.97. The van der Waals surface area contributed by atoms with Crippen LogP contribution in [0.4, 0.5) is 28.9 Å². The van der Waals surface area contributed by atoms with Crippen molar-refractivity contribution in [3.8, 4) is 0 Å². The molecule has 3 N–H and O–H groups in total. The molecule has 2 aromatic carbocycles. The number of halogens is 4. The van der Waals surface area contributed by atoms with E-state index in [9.17, 15) is 22.4 Å². The van der Waals surface area contributed by atoms with Crippen LogP contribution < -0.4 is 11.1 Å². The molecule has 0 radical (unpaired) electrons. The number of amides is 1. The van der Waals surface area contributed by atoms with Gasteiger partial charge in [-0.1, -0.05) is 0 Å². The zero-order valence-electron chi connectivity index (χ0n) is 9.88. The van der Waals surface area contributed by atoms with Gasteiger partial charge in [-0.15, -0.1) is 0 Å². The third-order valence-electron chi connectivity index (χ3n) is 2.47. The molecule has 0 aromatic heterocycles. The van der Waals surface area contributed by atoms with Crippen molar-refractivity contribution in [3.05, 3.63) is 59.2 Å². The van der Waals surface area contributed by atoms with E-state index < -0.39 is 34.7 Å². The number of benzene rings is 2. The average Bonchev–Trinajstić information content (AvgIpc) is 2.32. The quantitative estimate of drug-likeness (QED) is 0.657. The average molecular weight is 284 g/mol. The van der Waals surface area contributed by atoms with E-state index in [1.165, 1.54) is 6.07 Å². The highest BCUT2D eigenvalue weighted by Gasteiger charge is 2.20. The fourth-order valence-electron chi connectivity index (χ4n) is 1.58. The maximum absolute atomic E-state index is 13.4. The number of nitrogen functional groups attached to an aromatic ring is 1. The fraction of sp³-hybridized carbons (Fsp3) is 0. The summed E-state index contributed by atoms with van der Waals surface area (Å²) in [4.78, 5) is 11.7. The first-order chi connectivity index (χ1) is 9.38. The monoisotopic (exact) mass is 284 g/mol. The number of anilines is 2. The standard InChI is InChI=1S/C13H8F4N2O/c14-6-3-9(16)12(10(17)4-6)13(20)19-11-5-7(18)1-2-8(11)15/h1-5H,18H2,(H,19,20). The molecule has 0 saturated carbocycles. The fourth-order valence-corrected chi connectivity index (χ4v) is 1.58. The van der Waals surface area contributed by atoms with Crippen LogP contribution in [0, 0.1) is 23.3 Å². The Kier molecular flexibility index (Phi) is 3.60. The minimum atomic E-state index is -1.38. The molecule has 0 spiro atoms. The third kappa shape index (κ3) is 2.71. The molecule has 0 bridgehead atoms. The molecule has 0 atom stereocenters. The molecule has 0 aliphatic carbocycles. The zero-order chi connectivity index (χ0) is 14.9. The van der Waals surface area contributed by atoms with Gasteiger partial charge in [0.05, 0.1) is 5.69 Å². The lowest BCUT2D eigenvalue weighted by Crippen LogP contribution is -2.17. The lowest BCUT2D eigenvalue weighted by molar-refractivity contribution is 0.101. The summed E-state index contributed by atoms with van der Waals surface area (Å²) in [6, 6.07) is 4.04. The Bertz CT molecular complexity index is 665. The topological polar surface area (TPSA) is 55.1 Å². The lowest BCUT2D eigenvalue weighted by atomic mass is 10.1. The second-order valence-electron chi connectivity index (χ2n) is 3.94. The van der Waals surface area contributed by atoms with Crippen LogP contribution in [0.25, 0.3) is 0 Å². The molecule has 0 aliphatic heterocycles. The predicted molar refractivity (Wildman–Crippen MR) is 65.1 cm³/mol. The van der Waals surface area contributed by atoms with E-state index in [1.54, 1.807) is 0 Å². The number of hydrogen-bond donors (Lipinski definition) is 2. The van der Waals surface area contributed by atoms with Gasteiger partial charge in [0.15, 0.2) is 0 Å². The van der Waals surface area contributed by atoms with Crippen LogP contribution in [-0.4, -0.2) is 5.91 Å². The van der Waals surface area contributed by atoms with Crippen molar-refractivity contribution in [1.82, 2.24) is 0 Å². The maximum atomic E-state index is 13.4. The summed E-state index contributed by atoms with van der Waals surface area (Å²) in [6.45, 7) is 0. The van der Waals surface area contributed by atoms with Gasteiger partial charge in [0.2, 0.25) is 0 Å². The van der Waals surface area contributed by atoms with Crippen molar-refractivity contribution < 1.29 is 22.4 Å². The van der Waals surface area contributed by atoms with Gasteiger partial charge in [0, 0.05) is 17.8 Å². The molecule has 20 heavy (non-hydrogen) atoms. The molecule has 2 aromatic rings. The molecule has 2 rings (SSSR count). The Labute approximate surface area is 111 Å². The smallest absolute Gasteiger partial charge is 0.261 e. The van der Waals surface area contributed by atoms with Gasteiger partial charge in [-0.3, -0.25) is 4.79 Å². The van der Waals surface area contributed by atoms with Gasteiger partial charge in [0.1, 0.15) is 28.8 Å². The van der Waals surface area contributed by atoms with Crippen LogP contribution in [0.3, 0.4) is 0 Å². The van der Waals surface area contributed by atoms with Crippen LogP contribution in [0.2, 0.25) is 0 Å². The first kappa shape index (κ1) is 13.9. The van der Waals surface area contributed by atoms with E-state index in [0.29, 0.717) is 12.1 Å². The van der Waals surface area contributed by atoms with E-state index >= 15 is 0 Å². The number of rotatable bonds is 2. The van der Waals surface area contributed by atoms with Gasteiger partial charge < -0.3 is 11.1 Å². The number of nitrogens with two attached hydrogens (primary N) is 1. The molecular formula is C13H8F4N2O. The number of carbonyl (C=O) groups is 1. The molecular weight excluding hydrogens is 276 g/mol. The van der Waals surface area contributed by atoms with E-state index in [1.807, 2.05) is 5.32 Å². The van der Waals surface area contributed by atoms with Gasteiger partial charge >= 0.3 is 0 Å². The summed E-state index contributed by atoms with van der Waals surface area (Å²) < 4.78 is 52.9. The summed E-state index contributed by atoms with van der Waals surface area (Å²) in [7, 11) is 0. The largest absolute Gasteiger partial charge is 0.399 e.